The summed E-state index contributed by atoms with van der Waals surface area (Å²) in [5.41, 5.74) is 0. The van der Waals surface area contributed by atoms with E-state index in [9.17, 15) is 13.2 Å². The van der Waals surface area contributed by atoms with Crippen LogP contribution in [0.25, 0.3) is 0 Å². The highest BCUT2D eigenvalue weighted by Crippen LogP contribution is 2.30. The number of carbonyl (C=O) groups is 1. The monoisotopic (exact) mass is 303 g/mol. The molecule has 0 aliphatic carbocycles. The van der Waals surface area contributed by atoms with Crippen molar-refractivity contribution in [3.05, 3.63) is 16.3 Å². The Labute approximate surface area is 116 Å². The van der Waals surface area contributed by atoms with Crippen molar-refractivity contribution in [3.8, 4) is 0 Å². The second kappa shape index (κ2) is 5.22. The van der Waals surface area contributed by atoms with Crippen LogP contribution in [0.15, 0.2) is 16.3 Å². The molecule has 2 atom stereocenters. The lowest BCUT2D eigenvalue weighted by Crippen LogP contribution is -2.43. The Hall–Kier alpha value is -0.920. The summed E-state index contributed by atoms with van der Waals surface area (Å²) in [6, 6.07) is 1.20. The van der Waals surface area contributed by atoms with Crippen LogP contribution in [-0.4, -0.2) is 36.4 Å². The minimum atomic E-state index is -3.57. The number of aromatic carboxylic acids is 1. The number of hydrogen-bond donors (Lipinski definition) is 1. The summed E-state index contributed by atoms with van der Waals surface area (Å²) in [6.07, 6.45) is 1.69. The first-order valence-electron chi connectivity index (χ1n) is 6.16. The number of rotatable bonds is 3. The lowest BCUT2D eigenvalue weighted by molar-refractivity contribution is 0.0702. The van der Waals surface area contributed by atoms with Gasteiger partial charge in [0, 0.05) is 18.0 Å². The minimum Gasteiger partial charge on any atom is -0.477 e. The molecular weight excluding hydrogens is 286 g/mol. The van der Waals surface area contributed by atoms with Crippen LogP contribution in [0.3, 0.4) is 0 Å². The van der Waals surface area contributed by atoms with Gasteiger partial charge in [0.1, 0.15) is 4.88 Å². The molecule has 5 nitrogen and oxygen atoms in total. The van der Waals surface area contributed by atoms with Crippen LogP contribution in [0.4, 0.5) is 0 Å². The van der Waals surface area contributed by atoms with Crippen molar-refractivity contribution < 1.29 is 18.3 Å². The van der Waals surface area contributed by atoms with E-state index in [2.05, 4.69) is 6.92 Å². The van der Waals surface area contributed by atoms with E-state index in [-0.39, 0.29) is 15.8 Å². The van der Waals surface area contributed by atoms with E-state index >= 15 is 0 Å². The summed E-state index contributed by atoms with van der Waals surface area (Å²) in [5.74, 6) is -0.565. The normalized spacial score (nSPS) is 25.4. The van der Waals surface area contributed by atoms with Crippen LogP contribution in [-0.2, 0) is 10.0 Å². The Kier molecular flexibility index (Phi) is 3.98. The Morgan fingerprint density at radius 2 is 2.16 bits per heavy atom. The molecule has 1 aromatic rings. The molecule has 0 saturated carbocycles. The van der Waals surface area contributed by atoms with E-state index in [1.807, 2.05) is 6.92 Å². The lowest BCUT2D eigenvalue weighted by atomic mass is 9.95. The fourth-order valence-corrected chi connectivity index (χ4v) is 5.20. The van der Waals surface area contributed by atoms with Crippen LogP contribution in [0.2, 0.25) is 0 Å². The Morgan fingerprint density at radius 3 is 2.68 bits per heavy atom. The van der Waals surface area contributed by atoms with Crippen LogP contribution >= 0.6 is 11.3 Å². The summed E-state index contributed by atoms with van der Waals surface area (Å²) in [7, 11) is -3.57. The molecule has 0 bridgehead atoms. The molecule has 1 aromatic heterocycles. The molecule has 2 rings (SSSR count). The molecule has 0 spiro atoms. The molecule has 1 aliphatic rings. The molecule has 7 heteroatoms. The van der Waals surface area contributed by atoms with Gasteiger partial charge in [-0.05, 0) is 31.7 Å². The smallest absolute Gasteiger partial charge is 0.345 e. The molecule has 0 aromatic carbocycles. The minimum absolute atomic E-state index is 0.0399. The number of hydrogen-bond acceptors (Lipinski definition) is 4. The van der Waals surface area contributed by atoms with Gasteiger partial charge < -0.3 is 5.11 Å². The van der Waals surface area contributed by atoms with E-state index in [0.717, 1.165) is 24.2 Å². The van der Waals surface area contributed by atoms with Crippen molar-refractivity contribution >= 4 is 27.3 Å². The van der Waals surface area contributed by atoms with Crippen molar-refractivity contribution in [1.29, 1.82) is 0 Å². The first kappa shape index (κ1) is 14.5. The molecular formula is C12H17NO4S2. The first-order valence-corrected chi connectivity index (χ1v) is 8.48. The number of sulfonamides is 1. The van der Waals surface area contributed by atoms with Gasteiger partial charge in [0.05, 0.1) is 4.90 Å². The van der Waals surface area contributed by atoms with Crippen LogP contribution in [0, 0.1) is 5.92 Å². The van der Waals surface area contributed by atoms with Gasteiger partial charge in [-0.1, -0.05) is 6.92 Å². The lowest BCUT2D eigenvalue weighted by Gasteiger charge is -2.35. The van der Waals surface area contributed by atoms with Crippen molar-refractivity contribution in [2.45, 2.75) is 37.6 Å². The zero-order valence-corrected chi connectivity index (χ0v) is 12.5. The third-order valence-corrected chi connectivity index (χ3v) is 6.53. The largest absolute Gasteiger partial charge is 0.477 e. The van der Waals surface area contributed by atoms with E-state index in [1.54, 1.807) is 0 Å². The average Bonchev–Trinajstić information content (AvgIpc) is 2.78. The van der Waals surface area contributed by atoms with Gasteiger partial charge in [-0.3, -0.25) is 0 Å². The van der Waals surface area contributed by atoms with Crippen LogP contribution in [0.5, 0.6) is 0 Å². The van der Waals surface area contributed by atoms with Crippen LogP contribution < -0.4 is 0 Å². The SMILES string of the molecule is CC1CCN(S(=O)(=O)c2csc(C(=O)O)c2)C(C)C1. The average molecular weight is 303 g/mol. The summed E-state index contributed by atoms with van der Waals surface area (Å²) in [4.78, 5) is 11.0. The number of thiophene rings is 1. The molecule has 1 aliphatic heterocycles. The van der Waals surface area contributed by atoms with Crippen molar-refractivity contribution in [3.63, 3.8) is 0 Å². The summed E-state index contributed by atoms with van der Waals surface area (Å²) in [5, 5.41) is 10.3. The number of nitrogens with zero attached hydrogens (tertiary/aromatic N) is 1. The van der Waals surface area contributed by atoms with E-state index < -0.39 is 16.0 Å². The van der Waals surface area contributed by atoms with E-state index in [0.29, 0.717) is 12.5 Å². The second-order valence-electron chi connectivity index (χ2n) is 5.05. The Balaban J connectivity index is 2.28. The molecule has 2 unspecified atom stereocenters. The molecule has 19 heavy (non-hydrogen) atoms. The third-order valence-electron chi connectivity index (χ3n) is 3.47. The molecule has 0 amide bonds. The zero-order valence-electron chi connectivity index (χ0n) is 10.9. The fraction of sp³-hybridized carbons (Fsp3) is 0.583. The summed E-state index contributed by atoms with van der Waals surface area (Å²) in [6.45, 7) is 4.52. The highest BCUT2D eigenvalue weighted by molar-refractivity contribution is 7.89. The molecule has 0 radical (unpaired) electrons. The van der Waals surface area contributed by atoms with Gasteiger partial charge in [0.15, 0.2) is 0 Å². The zero-order chi connectivity index (χ0) is 14.2. The number of carboxylic acid groups (broad SMARTS) is 1. The predicted octanol–water partition coefficient (Wildman–Crippen LogP) is 2.26. The molecule has 1 saturated heterocycles. The first-order chi connectivity index (χ1) is 8.82. The van der Waals surface area contributed by atoms with Gasteiger partial charge in [0.25, 0.3) is 0 Å². The van der Waals surface area contributed by atoms with Crippen molar-refractivity contribution in [2.24, 2.45) is 5.92 Å². The predicted molar refractivity (Wildman–Crippen MR) is 73.0 cm³/mol. The maximum atomic E-state index is 12.5. The Morgan fingerprint density at radius 1 is 1.47 bits per heavy atom. The highest BCUT2D eigenvalue weighted by atomic mass is 32.2. The number of piperidine rings is 1. The number of carboxylic acids is 1. The van der Waals surface area contributed by atoms with Gasteiger partial charge in [-0.25, -0.2) is 13.2 Å². The maximum absolute atomic E-state index is 12.5. The third kappa shape index (κ3) is 2.82. The molecule has 106 valence electrons. The van der Waals surface area contributed by atoms with E-state index in [4.69, 9.17) is 5.11 Å². The second-order valence-corrected chi connectivity index (χ2v) is 7.85. The van der Waals surface area contributed by atoms with Gasteiger partial charge in [0.2, 0.25) is 10.0 Å². The van der Waals surface area contributed by atoms with Crippen molar-refractivity contribution in [1.82, 2.24) is 4.31 Å². The highest BCUT2D eigenvalue weighted by Gasteiger charge is 2.34. The summed E-state index contributed by atoms with van der Waals surface area (Å²) < 4.78 is 26.4. The summed E-state index contributed by atoms with van der Waals surface area (Å²) >= 11 is 0.945. The van der Waals surface area contributed by atoms with E-state index in [1.165, 1.54) is 15.8 Å². The fourth-order valence-electron chi connectivity index (χ4n) is 2.44. The van der Waals surface area contributed by atoms with Gasteiger partial charge in [-0.15, -0.1) is 11.3 Å². The van der Waals surface area contributed by atoms with Crippen molar-refractivity contribution in [2.75, 3.05) is 6.54 Å². The van der Waals surface area contributed by atoms with Gasteiger partial charge in [-0.2, -0.15) is 4.31 Å². The standard InChI is InChI=1S/C12H17NO4S2/c1-8-3-4-13(9(2)5-8)19(16,17)10-6-11(12(14)15)18-7-10/h6-9H,3-5H2,1-2H3,(H,14,15). The molecule has 2 heterocycles. The van der Waals surface area contributed by atoms with Gasteiger partial charge >= 0.3 is 5.97 Å². The molecule has 1 N–H and O–H groups in total. The topological polar surface area (TPSA) is 74.7 Å². The quantitative estimate of drug-likeness (QED) is 0.929. The van der Waals surface area contributed by atoms with Crippen LogP contribution in [0.1, 0.15) is 36.4 Å². The maximum Gasteiger partial charge on any atom is 0.345 e. The molecule has 1 fully saturated rings. The Bertz CT molecular complexity index is 578.